The van der Waals surface area contributed by atoms with Crippen LogP contribution in [0.1, 0.15) is 18.1 Å². The zero-order chi connectivity index (χ0) is 14.3. The predicted octanol–water partition coefficient (Wildman–Crippen LogP) is 1.95. The van der Waals surface area contributed by atoms with E-state index in [2.05, 4.69) is 29.3 Å². The van der Waals surface area contributed by atoms with Crippen molar-refractivity contribution in [2.24, 2.45) is 0 Å². The lowest BCUT2D eigenvalue weighted by atomic mass is 10.1. The third-order valence-electron chi connectivity index (χ3n) is 3.16. The molecule has 0 unspecified atom stereocenters. The molecule has 2 amide bonds. The van der Waals surface area contributed by atoms with Gasteiger partial charge in [-0.05, 0) is 31.6 Å². The summed E-state index contributed by atoms with van der Waals surface area (Å²) < 4.78 is 0. The van der Waals surface area contributed by atoms with Crippen LogP contribution in [0.3, 0.4) is 0 Å². The first-order valence-electron chi connectivity index (χ1n) is 6.75. The fourth-order valence-corrected chi connectivity index (χ4v) is 1.83. The third-order valence-corrected chi connectivity index (χ3v) is 3.16. The van der Waals surface area contributed by atoms with E-state index in [0.29, 0.717) is 6.54 Å². The van der Waals surface area contributed by atoms with Gasteiger partial charge in [-0.3, -0.25) is 0 Å². The van der Waals surface area contributed by atoms with E-state index in [9.17, 15) is 4.79 Å². The highest BCUT2D eigenvalue weighted by Crippen LogP contribution is 2.08. The van der Waals surface area contributed by atoms with E-state index in [4.69, 9.17) is 0 Å². The number of aryl methyl sites for hydroxylation is 1. The Kier molecular flexibility index (Phi) is 6.36. The Balaban J connectivity index is 2.45. The molecule has 106 valence electrons. The summed E-state index contributed by atoms with van der Waals surface area (Å²) in [6.07, 6.45) is 0.989. The van der Waals surface area contributed by atoms with E-state index in [1.54, 1.807) is 4.90 Å². The van der Waals surface area contributed by atoms with E-state index in [1.807, 2.05) is 33.3 Å². The molecule has 0 radical (unpaired) electrons. The van der Waals surface area contributed by atoms with Crippen molar-refractivity contribution >= 4 is 6.03 Å². The highest BCUT2D eigenvalue weighted by Gasteiger charge is 2.08. The molecule has 0 aliphatic heterocycles. The first-order chi connectivity index (χ1) is 9.04. The van der Waals surface area contributed by atoms with Gasteiger partial charge in [0.05, 0.1) is 0 Å². The Morgan fingerprint density at radius 1 is 1.11 bits per heavy atom. The molecule has 0 spiro atoms. The second kappa shape index (κ2) is 7.79. The Labute approximate surface area is 116 Å². The molecule has 4 heteroatoms. The lowest BCUT2D eigenvalue weighted by Gasteiger charge is -2.20. The summed E-state index contributed by atoms with van der Waals surface area (Å²) in [5.41, 5.74) is 2.48. The van der Waals surface area contributed by atoms with Crippen molar-refractivity contribution in [3.63, 3.8) is 0 Å². The molecule has 0 aliphatic rings. The van der Waals surface area contributed by atoms with Crippen molar-refractivity contribution in [2.75, 3.05) is 34.2 Å². The van der Waals surface area contributed by atoms with E-state index in [0.717, 1.165) is 19.5 Å². The highest BCUT2D eigenvalue weighted by atomic mass is 16.2. The number of benzene rings is 1. The predicted molar refractivity (Wildman–Crippen MR) is 79.2 cm³/mol. The fourth-order valence-electron chi connectivity index (χ4n) is 1.83. The topological polar surface area (TPSA) is 35.6 Å². The van der Waals surface area contributed by atoms with E-state index >= 15 is 0 Å². The van der Waals surface area contributed by atoms with Gasteiger partial charge >= 0.3 is 6.03 Å². The van der Waals surface area contributed by atoms with Crippen LogP contribution in [0, 0.1) is 0 Å². The zero-order valence-electron chi connectivity index (χ0n) is 12.4. The molecule has 0 bridgehead atoms. The van der Waals surface area contributed by atoms with Crippen LogP contribution < -0.4 is 5.32 Å². The number of nitrogens with one attached hydrogen (secondary N) is 1. The normalized spacial score (nSPS) is 10.6. The van der Waals surface area contributed by atoms with Crippen molar-refractivity contribution in [2.45, 2.75) is 19.9 Å². The number of urea groups is 1. The van der Waals surface area contributed by atoms with E-state index < -0.39 is 0 Å². The van der Waals surface area contributed by atoms with Crippen LogP contribution in [0.5, 0.6) is 0 Å². The number of carbonyl (C=O) groups is 1. The minimum Gasteiger partial charge on any atom is -0.334 e. The fraction of sp³-hybridized carbons (Fsp3) is 0.533. The van der Waals surface area contributed by atoms with E-state index in [1.165, 1.54) is 11.1 Å². The number of hydrogen-bond acceptors (Lipinski definition) is 2. The number of carbonyl (C=O) groups excluding carboxylic acids is 1. The quantitative estimate of drug-likeness (QED) is 0.851. The minimum absolute atomic E-state index is 0.0206. The highest BCUT2D eigenvalue weighted by molar-refractivity contribution is 5.73. The van der Waals surface area contributed by atoms with Gasteiger partial charge in [0.15, 0.2) is 0 Å². The standard InChI is InChI=1S/C15H25N3O/c1-5-13-8-6-7-9-14(13)12-16-15(19)18(4)11-10-17(2)3/h6-9H,5,10-12H2,1-4H3,(H,16,19). The molecular weight excluding hydrogens is 238 g/mol. The molecule has 1 aromatic rings. The molecule has 0 saturated heterocycles. The summed E-state index contributed by atoms with van der Waals surface area (Å²) in [5.74, 6) is 0. The van der Waals surface area contributed by atoms with Crippen molar-refractivity contribution in [3.05, 3.63) is 35.4 Å². The van der Waals surface area contributed by atoms with Crippen LogP contribution >= 0.6 is 0 Å². The first kappa shape index (κ1) is 15.5. The van der Waals surface area contributed by atoms with Crippen LogP contribution in [0.15, 0.2) is 24.3 Å². The number of nitrogens with zero attached hydrogens (tertiary/aromatic N) is 2. The first-order valence-corrected chi connectivity index (χ1v) is 6.75. The largest absolute Gasteiger partial charge is 0.334 e. The summed E-state index contributed by atoms with van der Waals surface area (Å²) in [7, 11) is 5.83. The van der Waals surface area contributed by atoms with Crippen molar-refractivity contribution in [1.82, 2.24) is 15.1 Å². The number of likely N-dealkylation sites (N-methyl/N-ethyl adjacent to an activating group) is 2. The van der Waals surface area contributed by atoms with Crippen molar-refractivity contribution < 1.29 is 4.79 Å². The molecule has 0 saturated carbocycles. The van der Waals surface area contributed by atoms with Crippen LogP contribution in [0.25, 0.3) is 0 Å². The monoisotopic (exact) mass is 263 g/mol. The SMILES string of the molecule is CCc1ccccc1CNC(=O)N(C)CCN(C)C. The summed E-state index contributed by atoms with van der Waals surface area (Å²) >= 11 is 0. The molecule has 0 atom stereocenters. The van der Waals surface area contributed by atoms with Gasteiger partial charge in [-0.15, -0.1) is 0 Å². The summed E-state index contributed by atoms with van der Waals surface area (Å²) in [6.45, 7) is 4.32. The molecule has 0 heterocycles. The molecular formula is C15H25N3O. The molecule has 0 aromatic heterocycles. The molecule has 1 rings (SSSR count). The van der Waals surface area contributed by atoms with Gasteiger partial charge in [-0.1, -0.05) is 31.2 Å². The Bertz CT molecular complexity index is 404. The maximum atomic E-state index is 11.9. The van der Waals surface area contributed by atoms with Gasteiger partial charge < -0.3 is 15.1 Å². The van der Waals surface area contributed by atoms with Crippen LogP contribution in [-0.2, 0) is 13.0 Å². The zero-order valence-corrected chi connectivity index (χ0v) is 12.4. The maximum absolute atomic E-state index is 11.9. The van der Waals surface area contributed by atoms with Gasteiger partial charge in [0.2, 0.25) is 0 Å². The molecule has 1 N–H and O–H groups in total. The summed E-state index contributed by atoms with van der Waals surface area (Å²) in [5, 5.41) is 2.97. The summed E-state index contributed by atoms with van der Waals surface area (Å²) in [4.78, 5) is 15.7. The molecule has 0 fully saturated rings. The van der Waals surface area contributed by atoms with E-state index in [-0.39, 0.29) is 6.03 Å². The lowest BCUT2D eigenvalue weighted by molar-refractivity contribution is 0.203. The lowest BCUT2D eigenvalue weighted by Crippen LogP contribution is -2.40. The maximum Gasteiger partial charge on any atom is 0.317 e. The minimum atomic E-state index is -0.0206. The Morgan fingerprint density at radius 3 is 2.32 bits per heavy atom. The molecule has 4 nitrogen and oxygen atoms in total. The molecule has 1 aromatic carbocycles. The molecule has 19 heavy (non-hydrogen) atoms. The smallest absolute Gasteiger partial charge is 0.317 e. The van der Waals surface area contributed by atoms with Gasteiger partial charge in [0.25, 0.3) is 0 Å². The van der Waals surface area contributed by atoms with Crippen LogP contribution in [0.4, 0.5) is 4.79 Å². The number of rotatable bonds is 6. The van der Waals surface area contributed by atoms with Crippen molar-refractivity contribution in [3.8, 4) is 0 Å². The Morgan fingerprint density at radius 2 is 1.74 bits per heavy atom. The average Bonchev–Trinajstić information content (AvgIpc) is 2.42. The third kappa shape index (κ3) is 5.30. The van der Waals surface area contributed by atoms with Gasteiger partial charge in [0, 0.05) is 26.7 Å². The van der Waals surface area contributed by atoms with Crippen LogP contribution in [0.2, 0.25) is 0 Å². The Hall–Kier alpha value is -1.55. The summed E-state index contributed by atoms with van der Waals surface area (Å²) in [6, 6.07) is 8.20. The van der Waals surface area contributed by atoms with Crippen LogP contribution in [-0.4, -0.2) is 50.1 Å². The second-order valence-electron chi connectivity index (χ2n) is 5.01. The van der Waals surface area contributed by atoms with Gasteiger partial charge in [-0.2, -0.15) is 0 Å². The van der Waals surface area contributed by atoms with Gasteiger partial charge in [0.1, 0.15) is 0 Å². The average molecular weight is 263 g/mol. The number of hydrogen-bond donors (Lipinski definition) is 1. The number of amides is 2. The second-order valence-corrected chi connectivity index (χ2v) is 5.01. The van der Waals surface area contributed by atoms with Gasteiger partial charge in [-0.25, -0.2) is 4.79 Å². The molecule has 0 aliphatic carbocycles. The van der Waals surface area contributed by atoms with Crippen molar-refractivity contribution in [1.29, 1.82) is 0 Å².